The fourth-order valence-electron chi connectivity index (χ4n) is 3.94. The van der Waals surface area contributed by atoms with Gasteiger partial charge in [-0.3, -0.25) is 4.79 Å². The van der Waals surface area contributed by atoms with Crippen LogP contribution >= 0.6 is 11.8 Å². The van der Waals surface area contributed by atoms with Crippen LogP contribution in [0.1, 0.15) is 29.9 Å². The molecule has 0 heterocycles. The Kier molecular flexibility index (Phi) is 8.86. The first kappa shape index (κ1) is 25.5. The molecule has 3 rings (SSSR count). The van der Waals surface area contributed by atoms with E-state index in [9.17, 15) is 28.3 Å². The van der Waals surface area contributed by atoms with Gasteiger partial charge in [-0.05, 0) is 40.7 Å². The summed E-state index contributed by atoms with van der Waals surface area (Å²) < 4.78 is 32.2. The summed E-state index contributed by atoms with van der Waals surface area (Å²) in [5.74, 6) is -1.90. The number of nitrogens with one attached hydrogen (secondary N) is 2. The van der Waals surface area contributed by atoms with Gasteiger partial charge in [0.25, 0.3) is 6.43 Å². The summed E-state index contributed by atoms with van der Waals surface area (Å²) in [4.78, 5) is 35.7. The maximum atomic E-state index is 13.5. The van der Waals surface area contributed by atoms with E-state index in [0.29, 0.717) is 5.75 Å². The minimum Gasteiger partial charge on any atom is -0.480 e. The summed E-state index contributed by atoms with van der Waals surface area (Å²) in [5.41, 5.74) is 4.02. The molecule has 2 aromatic carbocycles. The van der Waals surface area contributed by atoms with Crippen molar-refractivity contribution < 1.29 is 33.0 Å². The van der Waals surface area contributed by atoms with Crippen molar-refractivity contribution in [2.75, 3.05) is 18.6 Å². The normalized spacial score (nSPS) is 14.1. The Balaban J connectivity index is 1.58. The highest BCUT2D eigenvalue weighted by Gasteiger charge is 2.31. The lowest BCUT2D eigenvalue weighted by molar-refractivity contribution is -0.142. The molecule has 0 saturated carbocycles. The molecule has 0 fully saturated rings. The van der Waals surface area contributed by atoms with Crippen molar-refractivity contribution in [2.45, 2.75) is 37.3 Å². The van der Waals surface area contributed by atoms with E-state index >= 15 is 0 Å². The van der Waals surface area contributed by atoms with Crippen LogP contribution in [0.3, 0.4) is 0 Å². The summed E-state index contributed by atoms with van der Waals surface area (Å²) in [6.45, 7) is -0.0578. The summed E-state index contributed by atoms with van der Waals surface area (Å²) in [7, 11) is 0. The summed E-state index contributed by atoms with van der Waals surface area (Å²) in [6.07, 6.45) is -2.95. The van der Waals surface area contributed by atoms with Crippen molar-refractivity contribution in [1.29, 1.82) is 0 Å². The number of carbonyl (C=O) groups excluding carboxylic acids is 2. The van der Waals surface area contributed by atoms with Crippen LogP contribution in [0.15, 0.2) is 48.5 Å². The lowest BCUT2D eigenvalue weighted by Crippen LogP contribution is -2.47. The van der Waals surface area contributed by atoms with Crippen molar-refractivity contribution in [3.05, 3.63) is 59.7 Å². The van der Waals surface area contributed by atoms with Crippen molar-refractivity contribution in [1.82, 2.24) is 10.6 Å². The number of ether oxygens (including phenoxy) is 1. The second kappa shape index (κ2) is 11.8. The van der Waals surface area contributed by atoms with Crippen LogP contribution in [0.4, 0.5) is 13.6 Å². The van der Waals surface area contributed by atoms with Crippen LogP contribution in [-0.2, 0) is 14.3 Å². The van der Waals surface area contributed by atoms with E-state index in [1.54, 1.807) is 6.26 Å². The lowest BCUT2D eigenvalue weighted by atomic mass is 9.98. The molecule has 0 radical (unpaired) electrons. The number of halogens is 2. The molecule has 1 aliphatic rings. The van der Waals surface area contributed by atoms with Gasteiger partial charge in [-0.2, -0.15) is 11.8 Å². The van der Waals surface area contributed by atoms with E-state index in [2.05, 4.69) is 5.32 Å². The molecular formula is C24H26F2N2O5S. The number of carboxylic acids is 1. The fourth-order valence-corrected chi connectivity index (χ4v) is 4.41. The highest BCUT2D eigenvalue weighted by molar-refractivity contribution is 7.98. The van der Waals surface area contributed by atoms with E-state index in [1.165, 1.54) is 11.8 Å². The zero-order valence-electron chi connectivity index (χ0n) is 18.5. The number of carboxylic acid groups (broad SMARTS) is 1. The molecule has 2 atom stereocenters. The average molecular weight is 493 g/mol. The van der Waals surface area contributed by atoms with E-state index < -0.39 is 42.9 Å². The van der Waals surface area contributed by atoms with Gasteiger partial charge >= 0.3 is 12.1 Å². The van der Waals surface area contributed by atoms with Crippen LogP contribution in [0.25, 0.3) is 11.1 Å². The number of benzene rings is 2. The highest BCUT2D eigenvalue weighted by atomic mass is 32.2. The molecule has 10 heteroatoms. The molecule has 1 unspecified atom stereocenters. The van der Waals surface area contributed by atoms with Gasteiger partial charge in [0.2, 0.25) is 5.91 Å². The predicted molar refractivity (Wildman–Crippen MR) is 125 cm³/mol. The van der Waals surface area contributed by atoms with Gasteiger partial charge in [-0.1, -0.05) is 48.5 Å². The Morgan fingerprint density at radius 1 is 1.03 bits per heavy atom. The number of hydrogen-bond acceptors (Lipinski definition) is 5. The smallest absolute Gasteiger partial charge is 0.407 e. The third-order valence-electron chi connectivity index (χ3n) is 5.60. The minimum atomic E-state index is -3.04. The number of carbonyl (C=O) groups is 3. The monoisotopic (exact) mass is 492 g/mol. The van der Waals surface area contributed by atoms with Gasteiger partial charge in [-0.15, -0.1) is 0 Å². The number of hydrogen-bond donors (Lipinski definition) is 3. The molecule has 0 saturated heterocycles. The molecule has 7 nitrogen and oxygen atoms in total. The third-order valence-corrected chi connectivity index (χ3v) is 6.24. The number of thioether (sulfide) groups is 1. The Morgan fingerprint density at radius 3 is 2.15 bits per heavy atom. The van der Waals surface area contributed by atoms with Gasteiger partial charge in [0.05, 0.1) is 6.42 Å². The van der Waals surface area contributed by atoms with Crippen molar-refractivity contribution in [3.8, 4) is 11.1 Å². The van der Waals surface area contributed by atoms with Gasteiger partial charge < -0.3 is 20.5 Å². The molecule has 182 valence electrons. The molecule has 1 aliphatic carbocycles. The van der Waals surface area contributed by atoms with Crippen molar-refractivity contribution in [3.63, 3.8) is 0 Å². The maximum Gasteiger partial charge on any atom is 0.407 e. The number of alkyl halides is 2. The second-order valence-corrected chi connectivity index (χ2v) is 8.84. The molecule has 2 aromatic rings. The molecule has 0 aromatic heterocycles. The zero-order chi connectivity index (χ0) is 24.7. The molecule has 0 spiro atoms. The number of amides is 2. The largest absolute Gasteiger partial charge is 0.480 e. The van der Waals surface area contributed by atoms with Crippen LogP contribution in [0.5, 0.6) is 0 Å². The van der Waals surface area contributed by atoms with Crippen LogP contribution < -0.4 is 10.6 Å². The minimum absolute atomic E-state index is 0.0578. The van der Waals surface area contributed by atoms with Gasteiger partial charge in [0, 0.05) is 5.92 Å². The number of alkyl carbamates (subject to hydrolysis) is 1. The zero-order valence-corrected chi connectivity index (χ0v) is 19.3. The fraction of sp³-hybridized carbons (Fsp3) is 0.375. The molecule has 2 amide bonds. The SMILES string of the molecule is CSCC[C@@H](NC(=O)CC(NC(=O)OCC1c2ccccc2-c2ccccc21)C(F)F)C(=O)O. The topological polar surface area (TPSA) is 105 Å². The average Bonchev–Trinajstić information content (AvgIpc) is 3.13. The number of fused-ring (bicyclic) bond motifs is 3. The van der Waals surface area contributed by atoms with Crippen molar-refractivity contribution >= 4 is 29.7 Å². The molecule has 34 heavy (non-hydrogen) atoms. The molecule has 0 aliphatic heterocycles. The quantitative estimate of drug-likeness (QED) is 0.440. The Hall–Kier alpha value is -3.14. The summed E-state index contributed by atoms with van der Waals surface area (Å²) in [6, 6.07) is 12.4. The standard InChI is InChI=1S/C24H26F2N2O5S/c1-34-11-10-19(23(30)31)27-21(29)12-20(22(25)26)28-24(32)33-13-18-16-8-4-2-6-14(16)15-7-3-5-9-17(15)18/h2-9,18-20,22H,10-13H2,1H3,(H,27,29)(H,28,32)(H,30,31)/t19-,20?/m1/s1. The van der Waals surface area contributed by atoms with E-state index in [0.717, 1.165) is 22.3 Å². The Labute approximate surface area is 200 Å². The molecular weight excluding hydrogens is 466 g/mol. The summed E-state index contributed by atoms with van der Waals surface area (Å²) in [5, 5.41) is 13.5. The van der Waals surface area contributed by atoms with Crippen molar-refractivity contribution in [2.24, 2.45) is 0 Å². The van der Waals surface area contributed by atoms with Crippen LogP contribution in [-0.4, -0.2) is 60.2 Å². The van der Waals surface area contributed by atoms with E-state index in [1.807, 2.05) is 53.8 Å². The second-order valence-electron chi connectivity index (χ2n) is 7.85. The molecule has 3 N–H and O–H groups in total. The molecule has 0 bridgehead atoms. The van der Waals surface area contributed by atoms with Crippen LogP contribution in [0, 0.1) is 0 Å². The van der Waals surface area contributed by atoms with E-state index in [4.69, 9.17) is 4.74 Å². The first-order valence-electron chi connectivity index (χ1n) is 10.7. The summed E-state index contributed by atoms with van der Waals surface area (Å²) >= 11 is 1.40. The van der Waals surface area contributed by atoms with Gasteiger partial charge in [0.15, 0.2) is 0 Å². The Bertz CT molecular complexity index is 990. The highest BCUT2D eigenvalue weighted by Crippen LogP contribution is 2.44. The first-order valence-corrected chi connectivity index (χ1v) is 12.1. The lowest BCUT2D eigenvalue weighted by Gasteiger charge is -2.20. The predicted octanol–water partition coefficient (Wildman–Crippen LogP) is 3.87. The number of aliphatic carboxylic acids is 1. The maximum absolute atomic E-state index is 13.5. The first-order chi connectivity index (χ1) is 16.3. The van der Waals surface area contributed by atoms with Gasteiger partial charge in [0.1, 0.15) is 18.7 Å². The third kappa shape index (κ3) is 6.25. The van der Waals surface area contributed by atoms with E-state index in [-0.39, 0.29) is 18.9 Å². The van der Waals surface area contributed by atoms with Crippen LogP contribution in [0.2, 0.25) is 0 Å². The Morgan fingerprint density at radius 2 is 1.62 bits per heavy atom. The van der Waals surface area contributed by atoms with Gasteiger partial charge in [-0.25, -0.2) is 18.4 Å². The number of rotatable bonds is 11.